The summed E-state index contributed by atoms with van der Waals surface area (Å²) in [7, 11) is 2.00. The lowest BCUT2D eigenvalue weighted by Gasteiger charge is -2.16. The lowest BCUT2D eigenvalue weighted by atomic mass is 10.2. The van der Waals surface area contributed by atoms with Gasteiger partial charge in [-0.25, -0.2) is 9.97 Å². The molecule has 2 aromatic heterocycles. The molecule has 3 heterocycles. The van der Waals surface area contributed by atoms with Gasteiger partial charge in [-0.2, -0.15) is 0 Å². The molecule has 1 saturated heterocycles. The Kier molecular flexibility index (Phi) is 3.37. The van der Waals surface area contributed by atoms with Gasteiger partial charge in [0.15, 0.2) is 0 Å². The van der Waals surface area contributed by atoms with E-state index < -0.39 is 0 Å². The van der Waals surface area contributed by atoms with Gasteiger partial charge in [-0.05, 0) is 19.5 Å². The first-order valence-corrected chi connectivity index (χ1v) is 6.51. The number of pyridine rings is 1. The zero-order valence-electron chi connectivity index (χ0n) is 11.0. The molecule has 1 aliphatic rings. The minimum absolute atomic E-state index is 0.543. The monoisotopic (exact) mass is 255 g/mol. The second kappa shape index (κ2) is 5.32. The first kappa shape index (κ1) is 12.0. The Hall–Kier alpha value is -2.01. The second-order valence-corrected chi connectivity index (χ2v) is 4.73. The molecule has 98 valence electrons. The Morgan fingerprint density at radius 3 is 2.68 bits per heavy atom. The molecule has 0 saturated carbocycles. The van der Waals surface area contributed by atoms with Crippen LogP contribution in [0.3, 0.4) is 0 Å². The maximum absolute atomic E-state index is 4.47. The van der Waals surface area contributed by atoms with Crippen molar-refractivity contribution in [1.29, 1.82) is 0 Å². The molecule has 2 aromatic rings. The number of nitrogens with zero attached hydrogens (tertiary/aromatic N) is 4. The summed E-state index contributed by atoms with van der Waals surface area (Å²) in [5.41, 5.74) is 2.05. The van der Waals surface area contributed by atoms with Gasteiger partial charge in [0.1, 0.15) is 0 Å². The van der Waals surface area contributed by atoms with Gasteiger partial charge >= 0.3 is 0 Å². The Morgan fingerprint density at radius 1 is 1.21 bits per heavy atom. The maximum Gasteiger partial charge on any atom is 0.225 e. The van der Waals surface area contributed by atoms with Gasteiger partial charge < -0.3 is 10.2 Å². The fourth-order valence-corrected chi connectivity index (χ4v) is 2.34. The quantitative estimate of drug-likeness (QED) is 0.897. The van der Waals surface area contributed by atoms with Gasteiger partial charge in [-0.3, -0.25) is 4.98 Å². The van der Waals surface area contributed by atoms with Crippen LogP contribution in [0.2, 0.25) is 0 Å². The summed E-state index contributed by atoms with van der Waals surface area (Å²) in [6.45, 7) is 1.99. The normalized spacial score (nSPS) is 18.8. The third-order valence-corrected chi connectivity index (χ3v) is 3.51. The fourth-order valence-electron chi connectivity index (χ4n) is 2.34. The minimum Gasteiger partial charge on any atom is -0.339 e. The van der Waals surface area contributed by atoms with E-state index in [1.165, 1.54) is 0 Å². The molecule has 1 aliphatic heterocycles. The van der Waals surface area contributed by atoms with Crippen LogP contribution in [0.4, 0.5) is 5.95 Å². The topological polar surface area (TPSA) is 53.9 Å². The van der Waals surface area contributed by atoms with Crippen LogP contribution in [0.15, 0.2) is 36.9 Å². The summed E-state index contributed by atoms with van der Waals surface area (Å²) in [6, 6.07) is 4.47. The van der Waals surface area contributed by atoms with Crippen molar-refractivity contribution in [2.24, 2.45) is 0 Å². The van der Waals surface area contributed by atoms with E-state index in [2.05, 4.69) is 25.2 Å². The molecule has 3 rings (SSSR count). The average Bonchev–Trinajstić information content (AvgIpc) is 2.97. The molecule has 0 aliphatic carbocycles. The molecule has 5 nitrogen and oxygen atoms in total. The third-order valence-electron chi connectivity index (χ3n) is 3.51. The summed E-state index contributed by atoms with van der Waals surface area (Å²) in [6.07, 6.45) is 8.47. The highest BCUT2D eigenvalue weighted by atomic mass is 15.3. The zero-order valence-corrected chi connectivity index (χ0v) is 11.0. The number of likely N-dealkylation sites (N-methyl/N-ethyl adjacent to an activating group) is 1. The fraction of sp³-hybridized carbons (Fsp3) is 0.357. The molecule has 0 radical (unpaired) electrons. The van der Waals surface area contributed by atoms with Gasteiger partial charge in [0, 0.05) is 55.0 Å². The summed E-state index contributed by atoms with van der Waals surface area (Å²) in [4.78, 5) is 15.3. The van der Waals surface area contributed by atoms with Gasteiger partial charge in [-0.1, -0.05) is 6.07 Å². The van der Waals surface area contributed by atoms with Crippen LogP contribution in [0.25, 0.3) is 11.1 Å². The molecular weight excluding hydrogens is 238 g/mol. The highest BCUT2D eigenvalue weighted by Crippen LogP contribution is 2.19. The largest absolute Gasteiger partial charge is 0.339 e. The number of anilines is 1. The van der Waals surface area contributed by atoms with Crippen LogP contribution >= 0.6 is 0 Å². The van der Waals surface area contributed by atoms with Gasteiger partial charge in [0.25, 0.3) is 0 Å². The number of hydrogen-bond acceptors (Lipinski definition) is 5. The van der Waals surface area contributed by atoms with Crippen LogP contribution in [0.1, 0.15) is 6.42 Å². The number of hydrogen-bond donors (Lipinski definition) is 1. The molecule has 1 atom stereocenters. The number of nitrogens with one attached hydrogen (secondary N) is 1. The number of rotatable bonds is 3. The molecule has 0 amide bonds. The van der Waals surface area contributed by atoms with E-state index in [1.807, 2.05) is 37.8 Å². The summed E-state index contributed by atoms with van der Waals surface area (Å²) < 4.78 is 0. The second-order valence-electron chi connectivity index (χ2n) is 4.73. The van der Waals surface area contributed by atoms with Gasteiger partial charge in [0.2, 0.25) is 5.95 Å². The first-order chi connectivity index (χ1) is 9.36. The Bertz CT molecular complexity index is 525. The summed E-state index contributed by atoms with van der Waals surface area (Å²) in [5.74, 6) is 0.811. The molecule has 1 N–H and O–H groups in total. The molecule has 0 spiro atoms. The maximum atomic E-state index is 4.47. The summed E-state index contributed by atoms with van der Waals surface area (Å²) in [5, 5.41) is 3.30. The molecule has 5 heteroatoms. The third kappa shape index (κ3) is 2.56. The van der Waals surface area contributed by atoms with Crippen molar-refractivity contribution in [3.63, 3.8) is 0 Å². The van der Waals surface area contributed by atoms with Crippen LogP contribution in [-0.2, 0) is 0 Å². The van der Waals surface area contributed by atoms with Crippen LogP contribution in [-0.4, -0.2) is 41.1 Å². The Morgan fingerprint density at radius 2 is 2.05 bits per heavy atom. The van der Waals surface area contributed by atoms with Crippen LogP contribution < -0.4 is 10.2 Å². The standard InChI is InChI=1S/C14H17N5/c1-15-13-4-6-19(10-13)14-17-8-12(9-18-14)11-3-2-5-16-7-11/h2-3,5,7-9,13,15H,4,6,10H2,1H3. The molecule has 1 unspecified atom stereocenters. The molecule has 1 fully saturated rings. The Balaban J connectivity index is 1.76. The minimum atomic E-state index is 0.543. The van der Waals surface area contributed by atoms with Gasteiger partial charge in [0.05, 0.1) is 0 Å². The predicted octanol–water partition coefficient (Wildman–Crippen LogP) is 1.34. The number of aromatic nitrogens is 3. The SMILES string of the molecule is CNC1CCN(c2ncc(-c3cccnc3)cn2)C1. The first-order valence-electron chi connectivity index (χ1n) is 6.51. The van der Waals surface area contributed by atoms with Crippen molar-refractivity contribution in [2.45, 2.75) is 12.5 Å². The Labute approximate surface area is 112 Å². The molecular formula is C14H17N5. The van der Waals surface area contributed by atoms with Crippen molar-refractivity contribution in [3.8, 4) is 11.1 Å². The van der Waals surface area contributed by atoms with E-state index in [-0.39, 0.29) is 0 Å². The van der Waals surface area contributed by atoms with Crippen molar-refractivity contribution in [1.82, 2.24) is 20.3 Å². The van der Waals surface area contributed by atoms with E-state index in [0.29, 0.717) is 6.04 Å². The van der Waals surface area contributed by atoms with Crippen molar-refractivity contribution in [2.75, 3.05) is 25.0 Å². The van der Waals surface area contributed by atoms with Crippen molar-refractivity contribution in [3.05, 3.63) is 36.9 Å². The zero-order chi connectivity index (χ0) is 13.1. The highest BCUT2D eigenvalue weighted by Gasteiger charge is 2.22. The van der Waals surface area contributed by atoms with E-state index >= 15 is 0 Å². The van der Waals surface area contributed by atoms with Crippen LogP contribution in [0.5, 0.6) is 0 Å². The summed E-state index contributed by atoms with van der Waals surface area (Å²) >= 11 is 0. The van der Waals surface area contributed by atoms with Gasteiger partial charge in [-0.15, -0.1) is 0 Å². The molecule has 0 aromatic carbocycles. The van der Waals surface area contributed by atoms with Crippen LogP contribution in [0, 0.1) is 0 Å². The predicted molar refractivity (Wildman–Crippen MR) is 74.9 cm³/mol. The lowest BCUT2D eigenvalue weighted by Crippen LogP contribution is -2.30. The smallest absolute Gasteiger partial charge is 0.225 e. The average molecular weight is 255 g/mol. The lowest BCUT2D eigenvalue weighted by molar-refractivity contribution is 0.616. The van der Waals surface area contributed by atoms with Crippen molar-refractivity contribution >= 4 is 5.95 Å². The van der Waals surface area contributed by atoms with Crippen molar-refractivity contribution < 1.29 is 0 Å². The van der Waals surface area contributed by atoms with E-state index in [0.717, 1.165) is 36.6 Å². The highest BCUT2D eigenvalue weighted by molar-refractivity contribution is 5.60. The van der Waals surface area contributed by atoms with E-state index in [9.17, 15) is 0 Å². The van der Waals surface area contributed by atoms with E-state index in [1.54, 1.807) is 6.20 Å². The van der Waals surface area contributed by atoms with E-state index in [4.69, 9.17) is 0 Å². The molecule has 19 heavy (non-hydrogen) atoms. The molecule has 0 bridgehead atoms.